The third-order valence-corrected chi connectivity index (χ3v) is 2.61. The lowest BCUT2D eigenvalue weighted by atomic mass is 10.2. The number of rotatable bonds is 7. The van der Waals surface area contributed by atoms with Crippen molar-refractivity contribution >= 4 is 11.6 Å². The van der Waals surface area contributed by atoms with Gasteiger partial charge < -0.3 is 10.1 Å². The third kappa shape index (κ3) is 5.24. The Morgan fingerprint density at radius 1 is 1.47 bits per heavy atom. The van der Waals surface area contributed by atoms with Crippen molar-refractivity contribution in [2.45, 2.75) is 20.3 Å². The zero-order valence-electron chi connectivity index (χ0n) is 10.6. The van der Waals surface area contributed by atoms with Crippen molar-refractivity contribution in [3.63, 3.8) is 0 Å². The lowest BCUT2D eigenvalue weighted by molar-refractivity contribution is 0.346. The Morgan fingerprint density at radius 2 is 2.24 bits per heavy atom. The summed E-state index contributed by atoms with van der Waals surface area (Å²) in [5.74, 6) is 0.867. The molecule has 0 aliphatic heterocycles. The van der Waals surface area contributed by atoms with Crippen LogP contribution < -0.4 is 10.1 Å². The van der Waals surface area contributed by atoms with E-state index in [1.165, 1.54) is 0 Å². The van der Waals surface area contributed by atoms with Gasteiger partial charge in [-0.25, -0.2) is 0 Å². The minimum Gasteiger partial charge on any atom is -0.489 e. The second kappa shape index (κ2) is 7.36. The zero-order valence-corrected chi connectivity index (χ0v) is 11.3. The van der Waals surface area contributed by atoms with Crippen molar-refractivity contribution in [3.05, 3.63) is 40.9 Å². The van der Waals surface area contributed by atoms with E-state index in [-0.39, 0.29) is 0 Å². The Labute approximate surface area is 109 Å². The second-order valence-corrected chi connectivity index (χ2v) is 4.56. The Morgan fingerprint density at radius 3 is 2.88 bits per heavy atom. The number of halogens is 1. The fraction of sp³-hybridized carbons (Fsp3) is 0.429. The van der Waals surface area contributed by atoms with Crippen LogP contribution in [0.2, 0.25) is 5.02 Å². The maximum Gasteiger partial charge on any atom is 0.122 e. The molecule has 2 nitrogen and oxygen atoms in total. The van der Waals surface area contributed by atoms with Crippen LogP contribution in [0.3, 0.4) is 0 Å². The second-order valence-electron chi connectivity index (χ2n) is 4.13. The molecule has 1 rings (SSSR count). The van der Waals surface area contributed by atoms with Crippen LogP contribution in [0.4, 0.5) is 0 Å². The van der Waals surface area contributed by atoms with Gasteiger partial charge in [-0.05, 0) is 49.2 Å². The molecule has 1 N–H and O–H groups in total. The zero-order chi connectivity index (χ0) is 12.7. The molecule has 0 aromatic heterocycles. The molecule has 0 fully saturated rings. The normalized spacial score (nSPS) is 10.3. The highest BCUT2D eigenvalue weighted by molar-refractivity contribution is 6.30. The highest BCUT2D eigenvalue weighted by Crippen LogP contribution is 2.21. The van der Waals surface area contributed by atoms with E-state index in [4.69, 9.17) is 16.3 Å². The number of aryl methyl sites for hydroxylation is 1. The highest BCUT2D eigenvalue weighted by Gasteiger charge is 2.01. The molecule has 0 saturated carbocycles. The van der Waals surface area contributed by atoms with Gasteiger partial charge in [0.25, 0.3) is 0 Å². The van der Waals surface area contributed by atoms with Crippen LogP contribution in [0.15, 0.2) is 30.4 Å². The van der Waals surface area contributed by atoms with E-state index in [0.29, 0.717) is 6.61 Å². The average Bonchev–Trinajstić information content (AvgIpc) is 2.28. The van der Waals surface area contributed by atoms with Gasteiger partial charge in [0.15, 0.2) is 0 Å². The quantitative estimate of drug-likeness (QED) is 0.592. The van der Waals surface area contributed by atoms with Crippen LogP contribution >= 0.6 is 11.6 Å². The molecule has 0 atom stereocenters. The lowest BCUT2D eigenvalue weighted by Gasteiger charge is -2.11. The van der Waals surface area contributed by atoms with Gasteiger partial charge in [-0.15, -0.1) is 0 Å². The van der Waals surface area contributed by atoms with E-state index in [1.807, 2.05) is 25.1 Å². The molecular formula is C14H20ClNO. The summed E-state index contributed by atoms with van der Waals surface area (Å²) in [6.07, 6.45) is 1.13. The highest BCUT2D eigenvalue weighted by atomic mass is 35.5. The van der Waals surface area contributed by atoms with Crippen LogP contribution in [0.1, 0.15) is 18.9 Å². The first-order valence-corrected chi connectivity index (χ1v) is 6.27. The average molecular weight is 254 g/mol. The van der Waals surface area contributed by atoms with Crippen molar-refractivity contribution in [1.82, 2.24) is 5.32 Å². The third-order valence-electron chi connectivity index (χ3n) is 2.37. The van der Waals surface area contributed by atoms with Crippen LogP contribution in [0.5, 0.6) is 5.75 Å². The smallest absolute Gasteiger partial charge is 0.122 e. The van der Waals surface area contributed by atoms with Gasteiger partial charge in [0.1, 0.15) is 12.4 Å². The monoisotopic (exact) mass is 253 g/mol. The van der Waals surface area contributed by atoms with Gasteiger partial charge in [0.2, 0.25) is 0 Å². The van der Waals surface area contributed by atoms with Crippen LogP contribution in [-0.2, 0) is 0 Å². The van der Waals surface area contributed by atoms with E-state index in [1.54, 1.807) is 0 Å². The molecule has 0 saturated heterocycles. The molecular weight excluding hydrogens is 234 g/mol. The molecule has 1 aromatic rings. The van der Waals surface area contributed by atoms with Gasteiger partial charge in [0, 0.05) is 11.6 Å². The number of nitrogens with one attached hydrogen (secondary N) is 1. The predicted octanol–water partition coefficient (Wildman–Crippen LogP) is 3.58. The standard InChI is InChI=1S/C14H20ClNO/c1-4-7-16-9-11(2)10-17-14-6-5-13(15)8-12(14)3/h5-6,8,16H,2,4,7,9-10H2,1,3H3. The van der Waals surface area contributed by atoms with E-state index < -0.39 is 0 Å². The maximum atomic E-state index is 5.88. The van der Waals surface area contributed by atoms with E-state index >= 15 is 0 Å². The fourth-order valence-electron chi connectivity index (χ4n) is 1.45. The Bertz CT molecular complexity index is 376. The van der Waals surface area contributed by atoms with Crippen molar-refractivity contribution in [2.75, 3.05) is 19.7 Å². The summed E-state index contributed by atoms with van der Waals surface area (Å²) in [4.78, 5) is 0. The molecule has 94 valence electrons. The van der Waals surface area contributed by atoms with Crippen molar-refractivity contribution in [2.24, 2.45) is 0 Å². The van der Waals surface area contributed by atoms with Gasteiger partial charge >= 0.3 is 0 Å². The van der Waals surface area contributed by atoms with Crippen LogP contribution in [0, 0.1) is 6.92 Å². The molecule has 1 aromatic carbocycles. The first-order valence-electron chi connectivity index (χ1n) is 5.89. The molecule has 3 heteroatoms. The van der Waals surface area contributed by atoms with Crippen molar-refractivity contribution in [3.8, 4) is 5.75 Å². The summed E-state index contributed by atoms with van der Waals surface area (Å²) in [6, 6.07) is 5.63. The minimum atomic E-state index is 0.541. The van der Waals surface area contributed by atoms with E-state index in [9.17, 15) is 0 Å². The minimum absolute atomic E-state index is 0.541. The molecule has 0 aliphatic rings. The van der Waals surface area contributed by atoms with Gasteiger partial charge in [0.05, 0.1) is 0 Å². The molecule has 0 aliphatic carbocycles. The topological polar surface area (TPSA) is 21.3 Å². The SMILES string of the molecule is C=C(CNCCC)COc1ccc(Cl)cc1C. The fourth-order valence-corrected chi connectivity index (χ4v) is 1.67. The molecule has 0 unspecified atom stereocenters. The Kier molecular flexibility index (Phi) is 6.09. The summed E-state index contributed by atoms with van der Waals surface area (Å²) in [7, 11) is 0. The number of hydrogen-bond donors (Lipinski definition) is 1. The summed E-state index contributed by atoms with van der Waals surface area (Å²) in [6.45, 7) is 10.5. The van der Waals surface area contributed by atoms with Crippen molar-refractivity contribution < 1.29 is 4.74 Å². The van der Waals surface area contributed by atoms with E-state index in [0.717, 1.165) is 41.4 Å². The Hall–Kier alpha value is -0.990. The van der Waals surface area contributed by atoms with Gasteiger partial charge in [-0.3, -0.25) is 0 Å². The maximum absolute atomic E-state index is 5.88. The van der Waals surface area contributed by atoms with Crippen LogP contribution in [0.25, 0.3) is 0 Å². The van der Waals surface area contributed by atoms with E-state index in [2.05, 4.69) is 18.8 Å². The molecule has 0 amide bonds. The van der Waals surface area contributed by atoms with Crippen molar-refractivity contribution in [1.29, 1.82) is 0 Å². The van der Waals surface area contributed by atoms with Crippen LogP contribution in [-0.4, -0.2) is 19.7 Å². The number of benzene rings is 1. The number of ether oxygens (including phenoxy) is 1. The first-order chi connectivity index (χ1) is 8.13. The summed E-state index contributed by atoms with van der Waals surface area (Å²) in [5.41, 5.74) is 2.10. The molecule has 0 radical (unpaired) electrons. The largest absolute Gasteiger partial charge is 0.489 e. The Balaban J connectivity index is 2.37. The lowest BCUT2D eigenvalue weighted by Crippen LogP contribution is -2.20. The molecule has 0 heterocycles. The first kappa shape index (κ1) is 14.1. The predicted molar refractivity (Wildman–Crippen MR) is 74.0 cm³/mol. The summed E-state index contributed by atoms with van der Waals surface area (Å²) < 4.78 is 5.69. The molecule has 0 spiro atoms. The summed E-state index contributed by atoms with van der Waals surface area (Å²) in [5, 5.41) is 4.03. The molecule has 0 bridgehead atoms. The van der Waals surface area contributed by atoms with Gasteiger partial charge in [-0.1, -0.05) is 25.1 Å². The van der Waals surface area contributed by atoms with Gasteiger partial charge in [-0.2, -0.15) is 0 Å². The molecule has 17 heavy (non-hydrogen) atoms. The summed E-state index contributed by atoms with van der Waals surface area (Å²) >= 11 is 5.88. The number of hydrogen-bond acceptors (Lipinski definition) is 2.